The fraction of sp³-hybridized carbons (Fsp3) is 0.818. The van der Waals surface area contributed by atoms with E-state index in [9.17, 15) is 5.11 Å². The molecule has 0 amide bonds. The average Bonchev–Trinajstić information content (AvgIpc) is 2.62. The van der Waals surface area contributed by atoms with Crippen molar-refractivity contribution >= 4 is 0 Å². The largest absolute Gasteiger partial charge is 0.393 e. The summed E-state index contributed by atoms with van der Waals surface area (Å²) < 4.78 is 1.92. The maximum absolute atomic E-state index is 9.69. The molecule has 0 aliphatic heterocycles. The Kier molecular flexibility index (Phi) is 4.75. The number of nitrogens with zero attached hydrogens (tertiary/aromatic N) is 3. The fourth-order valence-corrected chi connectivity index (χ4v) is 1.49. The van der Waals surface area contributed by atoms with Gasteiger partial charge in [-0.2, -0.15) is 5.10 Å². The van der Waals surface area contributed by atoms with Gasteiger partial charge in [-0.25, -0.2) is 4.98 Å². The Hall–Kier alpha value is -0.900. The molecule has 1 rings (SSSR count). The highest BCUT2D eigenvalue weighted by molar-refractivity contribution is 4.85. The molecule has 0 saturated heterocycles. The van der Waals surface area contributed by atoms with Gasteiger partial charge in [-0.05, 0) is 18.8 Å². The summed E-state index contributed by atoms with van der Waals surface area (Å²) in [7, 11) is 0. The van der Waals surface area contributed by atoms with E-state index in [2.05, 4.69) is 17.0 Å². The van der Waals surface area contributed by atoms with Gasteiger partial charge in [0.05, 0.1) is 6.10 Å². The summed E-state index contributed by atoms with van der Waals surface area (Å²) in [5.41, 5.74) is 0. The highest BCUT2D eigenvalue weighted by atomic mass is 16.3. The third-order valence-corrected chi connectivity index (χ3v) is 2.56. The van der Waals surface area contributed by atoms with E-state index >= 15 is 0 Å². The molecule has 0 aliphatic rings. The summed E-state index contributed by atoms with van der Waals surface area (Å²) in [6, 6.07) is 0. The Morgan fingerprint density at radius 2 is 2.20 bits per heavy atom. The van der Waals surface area contributed by atoms with Gasteiger partial charge >= 0.3 is 0 Å². The first-order chi connectivity index (χ1) is 7.15. The van der Waals surface area contributed by atoms with E-state index in [1.807, 2.05) is 18.5 Å². The van der Waals surface area contributed by atoms with E-state index < -0.39 is 0 Å². The molecule has 4 heteroatoms. The molecule has 1 unspecified atom stereocenters. The van der Waals surface area contributed by atoms with Crippen LogP contribution in [0.25, 0.3) is 0 Å². The van der Waals surface area contributed by atoms with E-state index in [1.54, 1.807) is 6.33 Å². The minimum absolute atomic E-state index is 0.239. The molecule has 1 N–H and O–H groups in total. The van der Waals surface area contributed by atoms with Crippen LogP contribution in [0.2, 0.25) is 0 Å². The van der Waals surface area contributed by atoms with Crippen LogP contribution in [0.3, 0.4) is 0 Å². The van der Waals surface area contributed by atoms with Crippen LogP contribution in [-0.4, -0.2) is 26.0 Å². The molecule has 0 bridgehead atoms. The van der Waals surface area contributed by atoms with E-state index in [4.69, 9.17) is 0 Å². The third kappa shape index (κ3) is 3.63. The number of aromatic nitrogens is 3. The second-order valence-corrected chi connectivity index (χ2v) is 4.25. The van der Waals surface area contributed by atoms with Crippen molar-refractivity contribution in [2.45, 2.75) is 52.7 Å². The predicted molar refractivity (Wildman–Crippen MR) is 59.5 cm³/mol. The molecular weight excluding hydrogens is 190 g/mol. The van der Waals surface area contributed by atoms with Crippen molar-refractivity contribution in [2.75, 3.05) is 0 Å². The van der Waals surface area contributed by atoms with E-state index in [1.165, 1.54) is 0 Å². The normalized spacial score (nSPS) is 13.4. The van der Waals surface area contributed by atoms with E-state index in [0.717, 1.165) is 31.6 Å². The molecule has 4 nitrogen and oxygen atoms in total. The predicted octanol–water partition coefficient (Wildman–Crippen LogP) is 1.64. The lowest BCUT2D eigenvalue weighted by atomic mass is 10.0. The van der Waals surface area contributed by atoms with Crippen molar-refractivity contribution < 1.29 is 5.11 Å². The van der Waals surface area contributed by atoms with Crippen LogP contribution in [-0.2, 0) is 13.0 Å². The zero-order chi connectivity index (χ0) is 11.3. The maximum Gasteiger partial charge on any atom is 0.138 e. The van der Waals surface area contributed by atoms with Crippen LogP contribution in [0.5, 0.6) is 0 Å². The van der Waals surface area contributed by atoms with Crippen molar-refractivity contribution in [3.8, 4) is 0 Å². The van der Waals surface area contributed by atoms with Crippen LogP contribution in [0.15, 0.2) is 6.33 Å². The fourth-order valence-electron chi connectivity index (χ4n) is 1.49. The lowest BCUT2D eigenvalue weighted by Gasteiger charge is -2.13. The Morgan fingerprint density at radius 1 is 1.47 bits per heavy atom. The van der Waals surface area contributed by atoms with Crippen molar-refractivity contribution in [1.29, 1.82) is 0 Å². The lowest BCUT2D eigenvalue weighted by Crippen LogP contribution is -2.17. The van der Waals surface area contributed by atoms with Gasteiger partial charge in [0.25, 0.3) is 0 Å². The van der Waals surface area contributed by atoms with Crippen molar-refractivity contribution in [3.63, 3.8) is 0 Å². The van der Waals surface area contributed by atoms with Gasteiger partial charge in [-0.15, -0.1) is 0 Å². The minimum atomic E-state index is -0.239. The second kappa shape index (κ2) is 5.85. The summed E-state index contributed by atoms with van der Waals surface area (Å²) in [5, 5.41) is 13.8. The van der Waals surface area contributed by atoms with Gasteiger partial charge in [0.1, 0.15) is 12.2 Å². The van der Waals surface area contributed by atoms with Gasteiger partial charge in [-0.3, -0.25) is 4.68 Å². The van der Waals surface area contributed by atoms with Crippen LogP contribution in [0.4, 0.5) is 0 Å². The number of aliphatic hydroxyl groups excluding tert-OH is 1. The molecule has 0 fully saturated rings. The van der Waals surface area contributed by atoms with Crippen LogP contribution >= 0.6 is 0 Å². The third-order valence-electron chi connectivity index (χ3n) is 2.56. The molecule has 0 aliphatic carbocycles. The molecule has 86 valence electrons. The first-order valence-electron chi connectivity index (χ1n) is 5.69. The molecule has 1 atom stereocenters. The highest BCUT2D eigenvalue weighted by Gasteiger charge is 2.11. The minimum Gasteiger partial charge on any atom is -0.393 e. The Balaban J connectivity index is 2.46. The molecule has 0 spiro atoms. The summed E-state index contributed by atoms with van der Waals surface area (Å²) in [6.07, 6.45) is 3.98. The maximum atomic E-state index is 9.69. The van der Waals surface area contributed by atoms with Crippen LogP contribution in [0.1, 0.15) is 39.4 Å². The summed E-state index contributed by atoms with van der Waals surface area (Å²) in [6.45, 7) is 7.09. The SMILES string of the molecule is CCCn1ncnc1CCC(O)C(C)C. The molecule has 1 heterocycles. The number of aryl methyl sites for hydroxylation is 2. The van der Waals surface area contributed by atoms with Crippen LogP contribution in [0, 0.1) is 5.92 Å². The van der Waals surface area contributed by atoms with E-state index in [0.29, 0.717) is 5.92 Å². The standard InChI is InChI=1S/C11H21N3O/c1-4-7-14-11(12-8-13-14)6-5-10(15)9(2)3/h8-10,15H,4-7H2,1-3H3. The second-order valence-electron chi connectivity index (χ2n) is 4.25. The molecule has 1 aromatic rings. The quantitative estimate of drug-likeness (QED) is 0.778. The first-order valence-corrected chi connectivity index (χ1v) is 5.69. The van der Waals surface area contributed by atoms with Gasteiger partial charge in [0.2, 0.25) is 0 Å². The van der Waals surface area contributed by atoms with Crippen molar-refractivity contribution in [3.05, 3.63) is 12.2 Å². The summed E-state index contributed by atoms with van der Waals surface area (Å²) in [5.74, 6) is 1.30. The smallest absolute Gasteiger partial charge is 0.138 e. The molecule has 1 aromatic heterocycles. The number of aliphatic hydroxyl groups is 1. The highest BCUT2D eigenvalue weighted by Crippen LogP contribution is 2.09. The molecule has 0 radical (unpaired) electrons. The molecule has 0 saturated carbocycles. The zero-order valence-corrected chi connectivity index (χ0v) is 9.85. The average molecular weight is 211 g/mol. The van der Waals surface area contributed by atoms with Crippen molar-refractivity contribution in [1.82, 2.24) is 14.8 Å². The monoisotopic (exact) mass is 211 g/mol. The van der Waals surface area contributed by atoms with Gasteiger partial charge < -0.3 is 5.11 Å². The Labute approximate surface area is 91.3 Å². The van der Waals surface area contributed by atoms with E-state index in [-0.39, 0.29) is 6.10 Å². The zero-order valence-electron chi connectivity index (χ0n) is 9.85. The van der Waals surface area contributed by atoms with Gasteiger partial charge in [0.15, 0.2) is 0 Å². The Morgan fingerprint density at radius 3 is 2.80 bits per heavy atom. The molecule has 15 heavy (non-hydrogen) atoms. The topological polar surface area (TPSA) is 50.9 Å². The number of hydrogen-bond donors (Lipinski definition) is 1. The molecule has 0 aromatic carbocycles. The molecular formula is C11H21N3O. The summed E-state index contributed by atoms with van der Waals surface area (Å²) >= 11 is 0. The van der Waals surface area contributed by atoms with Gasteiger partial charge in [0, 0.05) is 13.0 Å². The van der Waals surface area contributed by atoms with Gasteiger partial charge in [-0.1, -0.05) is 20.8 Å². The summed E-state index contributed by atoms with van der Waals surface area (Å²) in [4.78, 5) is 4.21. The van der Waals surface area contributed by atoms with Crippen LogP contribution < -0.4 is 0 Å². The lowest BCUT2D eigenvalue weighted by molar-refractivity contribution is 0.115. The first kappa shape index (κ1) is 12.2. The Bertz CT molecular complexity index is 283. The number of rotatable bonds is 6. The number of hydrogen-bond acceptors (Lipinski definition) is 3. The van der Waals surface area contributed by atoms with Crippen molar-refractivity contribution in [2.24, 2.45) is 5.92 Å².